The topological polar surface area (TPSA) is 89.5 Å². The molecular formula is C21H27NO5S2. The number of aryl methyl sites for hydroxylation is 1. The molecule has 3 rings (SSSR count). The van der Waals surface area contributed by atoms with Crippen LogP contribution in [0, 0.1) is 0 Å². The summed E-state index contributed by atoms with van der Waals surface area (Å²) in [5, 5.41) is 2.20. The van der Waals surface area contributed by atoms with Crippen LogP contribution in [0.1, 0.15) is 18.9 Å². The zero-order chi connectivity index (χ0) is 20.9. The second kappa shape index (κ2) is 9.28. The molecule has 1 N–H and O–H groups in total. The van der Waals surface area contributed by atoms with Crippen molar-refractivity contribution in [2.24, 2.45) is 0 Å². The highest BCUT2D eigenvalue weighted by molar-refractivity contribution is 7.96. The first kappa shape index (κ1) is 21.8. The fourth-order valence-electron chi connectivity index (χ4n) is 3.60. The maximum absolute atomic E-state index is 13.1. The molecule has 0 bridgehead atoms. The van der Waals surface area contributed by atoms with Crippen molar-refractivity contribution < 1.29 is 21.6 Å². The van der Waals surface area contributed by atoms with E-state index in [1.165, 1.54) is 17.7 Å². The monoisotopic (exact) mass is 437 g/mol. The molecule has 2 aromatic rings. The van der Waals surface area contributed by atoms with Crippen LogP contribution in [0.3, 0.4) is 0 Å². The van der Waals surface area contributed by atoms with Gasteiger partial charge in [-0.05, 0) is 56.1 Å². The summed E-state index contributed by atoms with van der Waals surface area (Å²) in [6.45, 7) is 2.90. The molecule has 1 saturated heterocycles. The Labute approximate surface area is 173 Å². The number of rotatable bonds is 9. The Morgan fingerprint density at radius 2 is 1.72 bits per heavy atom. The van der Waals surface area contributed by atoms with Crippen LogP contribution in [0.15, 0.2) is 59.5 Å². The Balaban J connectivity index is 1.68. The number of sulfone groups is 2. The number of hydrogen-bond donors (Lipinski definition) is 1. The first-order valence-electron chi connectivity index (χ1n) is 9.76. The Hall–Kier alpha value is -1.90. The van der Waals surface area contributed by atoms with Crippen LogP contribution in [0.2, 0.25) is 0 Å². The molecular weight excluding hydrogens is 410 g/mol. The van der Waals surface area contributed by atoms with E-state index >= 15 is 0 Å². The van der Waals surface area contributed by atoms with E-state index < -0.39 is 31.0 Å². The minimum absolute atomic E-state index is 0.124. The number of hydrogen-bond acceptors (Lipinski definition) is 6. The van der Waals surface area contributed by atoms with Gasteiger partial charge in [-0.1, -0.05) is 30.3 Å². The molecule has 8 heteroatoms. The van der Waals surface area contributed by atoms with E-state index in [-0.39, 0.29) is 16.4 Å². The van der Waals surface area contributed by atoms with Gasteiger partial charge in [-0.15, -0.1) is 0 Å². The van der Waals surface area contributed by atoms with Gasteiger partial charge in [0.05, 0.1) is 28.3 Å². The van der Waals surface area contributed by atoms with Crippen molar-refractivity contribution in [3.63, 3.8) is 0 Å². The van der Waals surface area contributed by atoms with Gasteiger partial charge in [-0.25, -0.2) is 16.8 Å². The summed E-state index contributed by atoms with van der Waals surface area (Å²) in [5.41, 5.74) is 1.20. The molecule has 6 nitrogen and oxygen atoms in total. The van der Waals surface area contributed by atoms with Crippen molar-refractivity contribution in [3.05, 3.63) is 60.2 Å². The molecule has 1 heterocycles. The first-order valence-corrected chi connectivity index (χ1v) is 13.1. The van der Waals surface area contributed by atoms with Gasteiger partial charge >= 0.3 is 0 Å². The van der Waals surface area contributed by atoms with E-state index in [1.54, 1.807) is 12.1 Å². The summed E-state index contributed by atoms with van der Waals surface area (Å²) in [5.74, 6) is 0.0825. The lowest BCUT2D eigenvalue weighted by Gasteiger charge is -2.20. The summed E-state index contributed by atoms with van der Waals surface area (Å²) in [6.07, 6.45) is 1.65. The second-order valence-electron chi connectivity index (χ2n) is 7.21. The van der Waals surface area contributed by atoms with Gasteiger partial charge in [0.1, 0.15) is 5.75 Å². The SMILES string of the molecule is CCOc1ccc(S(=O)(=O)[C@H]2CS(=O)(=O)C[C@@H]2NCCCc2ccccc2)cc1. The van der Waals surface area contributed by atoms with Crippen LogP contribution in [0.4, 0.5) is 0 Å². The molecule has 0 saturated carbocycles. The van der Waals surface area contributed by atoms with Crippen molar-refractivity contribution in [1.29, 1.82) is 0 Å². The summed E-state index contributed by atoms with van der Waals surface area (Å²) in [7, 11) is -7.19. The van der Waals surface area contributed by atoms with Crippen LogP contribution < -0.4 is 10.1 Å². The fraction of sp³-hybridized carbons (Fsp3) is 0.429. The highest BCUT2D eigenvalue weighted by atomic mass is 32.2. The van der Waals surface area contributed by atoms with Crippen LogP contribution >= 0.6 is 0 Å². The van der Waals surface area contributed by atoms with Crippen molar-refractivity contribution in [1.82, 2.24) is 5.32 Å². The molecule has 1 aliphatic heterocycles. The van der Waals surface area contributed by atoms with E-state index in [2.05, 4.69) is 5.32 Å². The van der Waals surface area contributed by atoms with Crippen molar-refractivity contribution >= 4 is 19.7 Å². The van der Waals surface area contributed by atoms with Crippen LogP contribution in [0.5, 0.6) is 5.75 Å². The standard InChI is InChI=1S/C21H27NO5S2/c1-2-27-18-10-12-19(13-11-18)29(25,26)21-16-28(23,24)15-20(21)22-14-6-9-17-7-4-3-5-8-17/h3-5,7-8,10-13,20-22H,2,6,9,14-16H2,1H3/t20-,21-/m0/s1. The van der Waals surface area contributed by atoms with Gasteiger partial charge in [0, 0.05) is 6.04 Å². The minimum Gasteiger partial charge on any atom is -0.494 e. The molecule has 29 heavy (non-hydrogen) atoms. The smallest absolute Gasteiger partial charge is 0.183 e. The molecule has 0 amide bonds. The van der Waals surface area contributed by atoms with Gasteiger partial charge in [0.15, 0.2) is 19.7 Å². The van der Waals surface area contributed by atoms with E-state index in [4.69, 9.17) is 4.74 Å². The summed E-state index contributed by atoms with van der Waals surface area (Å²) in [6, 6.07) is 15.6. The molecule has 2 aromatic carbocycles. The molecule has 0 aromatic heterocycles. The van der Waals surface area contributed by atoms with Crippen molar-refractivity contribution in [3.8, 4) is 5.75 Å². The van der Waals surface area contributed by atoms with Crippen molar-refractivity contribution in [2.45, 2.75) is 36.0 Å². The molecule has 0 unspecified atom stereocenters. The van der Waals surface area contributed by atoms with Crippen LogP contribution in [-0.2, 0) is 26.1 Å². The van der Waals surface area contributed by atoms with Crippen LogP contribution in [-0.4, -0.2) is 52.8 Å². The van der Waals surface area contributed by atoms with E-state index in [0.29, 0.717) is 18.9 Å². The first-order chi connectivity index (χ1) is 13.8. The quantitative estimate of drug-likeness (QED) is 0.605. The van der Waals surface area contributed by atoms with Crippen molar-refractivity contribution in [2.75, 3.05) is 24.7 Å². The predicted molar refractivity (Wildman–Crippen MR) is 114 cm³/mol. The number of nitrogens with one attached hydrogen (secondary N) is 1. The van der Waals surface area contributed by atoms with Gasteiger partial charge in [-0.2, -0.15) is 0 Å². The summed E-state index contributed by atoms with van der Waals surface area (Å²) in [4.78, 5) is 0.124. The third kappa shape index (κ3) is 5.58. The molecule has 0 aliphatic carbocycles. The largest absolute Gasteiger partial charge is 0.494 e. The molecule has 1 aliphatic rings. The van der Waals surface area contributed by atoms with Crippen LogP contribution in [0.25, 0.3) is 0 Å². The highest BCUT2D eigenvalue weighted by Crippen LogP contribution is 2.27. The lowest BCUT2D eigenvalue weighted by molar-refractivity contribution is 0.340. The second-order valence-corrected chi connectivity index (χ2v) is 11.5. The third-order valence-electron chi connectivity index (χ3n) is 5.05. The average molecular weight is 438 g/mol. The fourth-order valence-corrected chi connectivity index (χ4v) is 8.32. The summed E-state index contributed by atoms with van der Waals surface area (Å²) >= 11 is 0. The average Bonchev–Trinajstić information content (AvgIpc) is 3.02. The lowest BCUT2D eigenvalue weighted by Crippen LogP contribution is -2.43. The van der Waals surface area contributed by atoms with E-state index in [1.807, 2.05) is 37.3 Å². The Kier molecular flexibility index (Phi) is 6.97. The Morgan fingerprint density at radius 3 is 2.38 bits per heavy atom. The maximum Gasteiger partial charge on any atom is 0.183 e. The lowest BCUT2D eigenvalue weighted by atomic mass is 10.1. The number of benzene rings is 2. The van der Waals surface area contributed by atoms with Gasteiger partial charge in [-0.3, -0.25) is 0 Å². The molecule has 1 fully saturated rings. The zero-order valence-corrected chi connectivity index (χ0v) is 18.1. The van der Waals surface area contributed by atoms with Gasteiger partial charge in [0.25, 0.3) is 0 Å². The molecule has 0 spiro atoms. The summed E-state index contributed by atoms with van der Waals surface area (Å²) < 4.78 is 56.0. The molecule has 0 radical (unpaired) electrons. The zero-order valence-electron chi connectivity index (χ0n) is 16.5. The maximum atomic E-state index is 13.1. The number of ether oxygens (including phenoxy) is 1. The minimum atomic E-state index is -3.78. The van der Waals surface area contributed by atoms with E-state index in [0.717, 1.165) is 12.8 Å². The van der Waals surface area contributed by atoms with E-state index in [9.17, 15) is 16.8 Å². The third-order valence-corrected chi connectivity index (χ3v) is 9.22. The van der Waals surface area contributed by atoms with Gasteiger partial charge < -0.3 is 10.1 Å². The molecule has 158 valence electrons. The highest BCUT2D eigenvalue weighted by Gasteiger charge is 2.45. The normalized spacial score (nSPS) is 21.1. The predicted octanol–water partition coefficient (Wildman–Crippen LogP) is 2.25. The Morgan fingerprint density at radius 1 is 1.03 bits per heavy atom. The Bertz CT molecular complexity index is 1000. The molecule has 2 atom stereocenters. The van der Waals surface area contributed by atoms with Gasteiger partial charge in [0.2, 0.25) is 0 Å².